The molecule has 0 saturated carbocycles. The summed E-state index contributed by atoms with van der Waals surface area (Å²) in [5.74, 6) is -0.718. The summed E-state index contributed by atoms with van der Waals surface area (Å²) in [5, 5.41) is 5.00. The first-order chi connectivity index (χ1) is 11.6. The lowest BCUT2D eigenvalue weighted by Crippen LogP contribution is -2.12. The Morgan fingerprint density at radius 1 is 1.33 bits per heavy atom. The maximum Gasteiger partial charge on any atom is 0.354 e. The summed E-state index contributed by atoms with van der Waals surface area (Å²) in [4.78, 5) is 34.9. The van der Waals surface area contributed by atoms with Crippen molar-refractivity contribution in [2.24, 2.45) is 0 Å². The van der Waals surface area contributed by atoms with Crippen molar-refractivity contribution in [3.8, 4) is 11.3 Å². The van der Waals surface area contributed by atoms with Gasteiger partial charge in [-0.15, -0.1) is 11.3 Å². The van der Waals surface area contributed by atoms with E-state index in [0.717, 1.165) is 11.3 Å². The predicted octanol–water partition coefficient (Wildman–Crippen LogP) is 2.88. The van der Waals surface area contributed by atoms with Gasteiger partial charge in [0, 0.05) is 29.0 Å². The molecule has 1 amide bonds. The number of methoxy groups -OCH3 is 1. The van der Waals surface area contributed by atoms with Crippen LogP contribution < -0.4 is 5.32 Å². The molecule has 7 nitrogen and oxygen atoms in total. The van der Waals surface area contributed by atoms with Crippen molar-refractivity contribution in [3.05, 3.63) is 52.9 Å². The second-order valence-corrected chi connectivity index (χ2v) is 5.83. The number of hydrogen-bond donors (Lipinski definition) is 2. The molecule has 24 heavy (non-hydrogen) atoms. The van der Waals surface area contributed by atoms with Gasteiger partial charge in [-0.1, -0.05) is 0 Å². The number of H-pyrrole nitrogens is 1. The largest absolute Gasteiger partial charge is 0.464 e. The van der Waals surface area contributed by atoms with E-state index >= 15 is 0 Å². The first kappa shape index (κ1) is 15.9. The molecule has 0 aliphatic carbocycles. The summed E-state index contributed by atoms with van der Waals surface area (Å²) in [7, 11) is 1.32. The molecule has 2 N–H and O–H groups in total. The normalized spacial score (nSPS) is 10.4. The van der Waals surface area contributed by atoms with E-state index in [1.165, 1.54) is 24.6 Å². The quantitative estimate of drug-likeness (QED) is 0.711. The Balaban J connectivity index is 1.73. The van der Waals surface area contributed by atoms with Gasteiger partial charge in [-0.3, -0.25) is 15.1 Å². The molecule has 0 bridgehead atoms. The number of thiazole rings is 1. The monoisotopic (exact) mass is 342 g/mol. The number of rotatable bonds is 4. The molecule has 0 saturated heterocycles. The Bertz CT molecular complexity index is 883. The number of carbonyl (C=O) groups is 2. The van der Waals surface area contributed by atoms with Crippen molar-refractivity contribution >= 4 is 28.3 Å². The van der Waals surface area contributed by atoms with Crippen LogP contribution in [0.4, 0.5) is 5.13 Å². The van der Waals surface area contributed by atoms with E-state index in [2.05, 4.69) is 25.0 Å². The first-order valence-corrected chi connectivity index (χ1v) is 7.91. The molecule has 0 aliphatic rings. The van der Waals surface area contributed by atoms with Crippen LogP contribution in [0, 0.1) is 6.92 Å². The van der Waals surface area contributed by atoms with Gasteiger partial charge in [-0.25, -0.2) is 9.78 Å². The van der Waals surface area contributed by atoms with Gasteiger partial charge >= 0.3 is 5.97 Å². The molecule has 0 fully saturated rings. The maximum atomic E-state index is 12.2. The van der Waals surface area contributed by atoms with Crippen molar-refractivity contribution < 1.29 is 14.3 Å². The van der Waals surface area contributed by atoms with E-state index in [-0.39, 0.29) is 5.91 Å². The highest BCUT2D eigenvalue weighted by Crippen LogP contribution is 2.26. The number of aryl methyl sites for hydroxylation is 1. The summed E-state index contributed by atoms with van der Waals surface area (Å²) < 4.78 is 4.65. The van der Waals surface area contributed by atoms with Crippen molar-refractivity contribution in [3.63, 3.8) is 0 Å². The molecule has 0 unspecified atom stereocenters. The van der Waals surface area contributed by atoms with Gasteiger partial charge in [0.15, 0.2) is 5.13 Å². The highest BCUT2D eigenvalue weighted by atomic mass is 32.1. The molecule has 3 heterocycles. The zero-order valence-corrected chi connectivity index (χ0v) is 13.8. The maximum absolute atomic E-state index is 12.2. The summed E-state index contributed by atoms with van der Waals surface area (Å²) in [6.45, 7) is 1.86. The minimum absolute atomic E-state index is 0.271. The second kappa shape index (κ2) is 6.63. The summed E-state index contributed by atoms with van der Waals surface area (Å²) in [6.07, 6.45) is 3.19. The standard InChI is InChI=1S/C16H14N4O3S/c1-9-3-4-10(6-17-9)14(21)20-16-19-13(8-24-16)11-5-12(18-7-11)15(22)23-2/h3-8,18H,1-2H3,(H,19,20,21). The fraction of sp³-hybridized carbons (Fsp3) is 0.125. The van der Waals surface area contributed by atoms with Crippen LogP contribution in [0.2, 0.25) is 0 Å². The number of hydrogen-bond acceptors (Lipinski definition) is 6. The third-order valence-corrected chi connectivity index (χ3v) is 4.04. The lowest BCUT2D eigenvalue weighted by molar-refractivity contribution is 0.0594. The number of anilines is 1. The van der Waals surface area contributed by atoms with E-state index in [0.29, 0.717) is 22.1 Å². The van der Waals surface area contributed by atoms with Gasteiger partial charge in [-0.05, 0) is 25.1 Å². The molecular weight excluding hydrogens is 328 g/mol. The SMILES string of the molecule is COC(=O)c1cc(-c2csc(NC(=O)c3ccc(C)nc3)n2)c[nH]1. The molecule has 0 aliphatic heterocycles. The van der Waals surface area contributed by atoms with Gasteiger partial charge in [0.2, 0.25) is 0 Å². The Morgan fingerprint density at radius 3 is 2.88 bits per heavy atom. The number of nitrogens with one attached hydrogen (secondary N) is 2. The van der Waals surface area contributed by atoms with Crippen LogP contribution in [-0.4, -0.2) is 33.9 Å². The molecule has 122 valence electrons. The van der Waals surface area contributed by atoms with E-state index in [1.54, 1.807) is 29.8 Å². The van der Waals surface area contributed by atoms with Gasteiger partial charge in [-0.2, -0.15) is 0 Å². The molecule has 3 rings (SSSR count). The van der Waals surface area contributed by atoms with Crippen molar-refractivity contribution in [2.45, 2.75) is 6.92 Å². The number of ether oxygens (including phenoxy) is 1. The Kier molecular flexibility index (Phi) is 4.39. The number of esters is 1. The number of aromatic amines is 1. The molecule has 8 heteroatoms. The van der Waals surface area contributed by atoms with Gasteiger partial charge in [0.1, 0.15) is 5.69 Å². The third-order valence-electron chi connectivity index (χ3n) is 3.28. The molecule has 3 aromatic heterocycles. The summed E-state index contributed by atoms with van der Waals surface area (Å²) in [5.41, 5.74) is 3.05. The van der Waals surface area contributed by atoms with E-state index in [4.69, 9.17) is 0 Å². The lowest BCUT2D eigenvalue weighted by atomic mass is 10.2. The topological polar surface area (TPSA) is 97.0 Å². The number of amides is 1. The second-order valence-electron chi connectivity index (χ2n) is 4.97. The van der Waals surface area contributed by atoms with Crippen LogP contribution in [-0.2, 0) is 4.74 Å². The number of aromatic nitrogens is 3. The van der Waals surface area contributed by atoms with Crippen LogP contribution >= 0.6 is 11.3 Å². The van der Waals surface area contributed by atoms with Crippen molar-refractivity contribution in [1.82, 2.24) is 15.0 Å². The van der Waals surface area contributed by atoms with Crippen LogP contribution in [0.5, 0.6) is 0 Å². The first-order valence-electron chi connectivity index (χ1n) is 7.03. The molecular formula is C16H14N4O3S. The zero-order valence-electron chi connectivity index (χ0n) is 13.0. The molecule has 3 aromatic rings. The average Bonchev–Trinajstić information content (AvgIpc) is 3.23. The third kappa shape index (κ3) is 3.33. The fourth-order valence-electron chi connectivity index (χ4n) is 2.01. The van der Waals surface area contributed by atoms with Crippen LogP contribution in [0.3, 0.4) is 0 Å². The predicted molar refractivity (Wildman–Crippen MR) is 90.2 cm³/mol. The minimum Gasteiger partial charge on any atom is -0.464 e. The fourth-order valence-corrected chi connectivity index (χ4v) is 2.72. The van der Waals surface area contributed by atoms with Crippen LogP contribution in [0.25, 0.3) is 11.3 Å². The molecule has 0 radical (unpaired) electrons. The Hall–Kier alpha value is -3.00. The summed E-state index contributed by atoms with van der Waals surface area (Å²) >= 11 is 1.30. The lowest BCUT2D eigenvalue weighted by Gasteiger charge is -2.01. The van der Waals surface area contributed by atoms with Crippen LogP contribution in [0.15, 0.2) is 36.0 Å². The molecule has 0 spiro atoms. The van der Waals surface area contributed by atoms with Crippen molar-refractivity contribution in [1.29, 1.82) is 0 Å². The van der Waals surface area contributed by atoms with Gasteiger partial charge < -0.3 is 9.72 Å². The highest BCUT2D eigenvalue weighted by molar-refractivity contribution is 7.14. The smallest absolute Gasteiger partial charge is 0.354 e. The van der Waals surface area contributed by atoms with Crippen molar-refractivity contribution in [2.75, 3.05) is 12.4 Å². The zero-order chi connectivity index (χ0) is 17.1. The van der Waals surface area contributed by atoms with E-state index < -0.39 is 5.97 Å². The number of nitrogens with zero attached hydrogens (tertiary/aromatic N) is 2. The average molecular weight is 342 g/mol. The van der Waals surface area contributed by atoms with E-state index in [9.17, 15) is 9.59 Å². The Labute approximate surface area is 141 Å². The minimum atomic E-state index is -0.447. The number of pyridine rings is 1. The molecule has 0 aromatic carbocycles. The van der Waals surface area contributed by atoms with Gasteiger partial charge in [0.05, 0.1) is 18.4 Å². The summed E-state index contributed by atoms with van der Waals surface area (Å²) in [6, 6.07) is 5.13. The van der Waals surface area contributed by atoms with Gasteiger partial charge in [0.25, 0.3) is 5.91 Å². The van der Waals surface area contributed by atoms with Crippen LogP contribution in [0.1, 0.15) is 26.5 Å². The number of carbonyl (C=O) groups excluding carboxylic acids is 2. The highest BCUT2D eigenvalue weighted by Gasteiger charge is 2.13. The molecule has 0 atom stereocenters. The van der Waals surface area contributed by atoms with E-state index in [1.807, 2.05) is 6.92 Å². The Morgan fingerprint density at radius 2 is 2.17 bits per heavy atom.